The second-order valence-electron chi connectivity index (χ2n) is 2.01. The summed E-state index contributed by atoms with van der Waals surface area (Å²) in [4.78, 5) is 0. The first kappa shape index (κ1) is 10.7. The molecule has 0 bridgehead atoms. The molecule has 7 heteroatoms. The van der Waals surface area contributed by atoms with Gasteiger partial charge in [0.15, 0.2) is 0 Å². The van der Waals surface area contributed by atoms with Crippen LogP contribution in [0.15, 0.2) is 0 Å². The Kier molecular flexibility index (Phi) is 3.84. The predicted octanol–water partition coefficient (Wildman–Crippen LogP) is -0.491. The lowest BCUT2D eigenvalue weighted by Crippen LogP contribution is -2.38. The molecule has 0 aromatic heterocycles. The van der Waals surface area contributed by atoms with Gasteiger partial charge in [0.05, 0.1) is 6.61 Å². The molecule has 2 N–H and O–H groups in total. The van der Waals surface area contributed by atoms with E-state index in [4.69, 9.17) is 5.11 Å². The van der Waals surface area contributed by atoms with Gasteiger partial charge >= 0.3 is 5.76 Å². The van der Waals surface area contributed by atoms with Gasteiger partial charge < -0.3 is 5.11 Å². The molecule has 0 saturated carbocycles. The van der Waals surface area contributed by atoms with Crippen molar-refractivity contribution in [3.8, 4) is 0 Å². The minimum Gasteiger partial charge on any atom is -0.395 e. The van der Waals surface area contributed by atoms with Crippen LogP contribution in [0.25, 0.3) is 0 Å². The Morgan fingerprint density at radius 1 is 1.55 bits per heavy atom. The molecule has 4 nitrogen and oxygen atoms in total. The molecule has 11 heavy (non-hydrogen) atoms. The standard InChI is InChI=1S/C4H9F2NO3S/c1-3(2-8)7-11(9,10)4(5)6/h3-4,7-8H,2H2,1H3. The van der Waals surface area contributed by atoms with Crippen LogP contribution in [-0.4, -0.2) is 31.9 Å². The number of aliphatic hydroxyl groups excluding tert-OH is 1. The van der Waals surface area contributed by atoms with Crippen LogP contribution < -0.4 is 4.72 Å². The number of halogens is 2. The number of hydrogen-bond acceptors (Lipinski definition) is 3. The molecule has 68 valence electrons. The third-order valence-electron chi connectivity index (χ3n) is 0.874. The van der Waals surface area contributed by atoms with E-state index >= 15 is 0 Å². The maximum atomic E-state index is 11.6. The van der Waals surface area contributed by atoms with Crippen molar-refractivity contribution >= 4 is 10.0 Å². The second kappa shape index (κ2) is 3.93. The van der Waals surface area contributed by atoms with Gasteiger partial charge in [0.1, 0.15) is 0 Å². The Bertz CT molecular complexity index is 203. The number of sulfonamides is 1. The van der Waals surface area contributed by atoms with Gasteiger partial charge in [-0.3, -0.25) is 0 Å². The number of aliphatic hydroxyl groups is 1. The summed E-state index contributed by atoms with van der Waals surface area (Å²) >= 11 is 0. The lowest BCUT2D eigenvalue weighted by atomic mass is 10.4. The van der Waals surface area contributed by atoms with E-state index in [1.54, 1.807) is 4.72 Å². The fourth-order valence-corrected chi connectivity index (χ4v) is 1.11. The van der Waals surface area contributed by atoms with Gasteiger partial charge in [-0.15, -0.1) is 0 Å². The van der Waals surface area contributed by atoms with Crippen molar-refractivity contribution in [3.63, 3.8) is 0 Å². The minimum absolute atomic E-state index is 0.508. The molecule has 0 heterocycles. The molecule has 0 aliphatic rings. The first-order valence-electron chi connectivity index (χ1n) is 2.80. The van der Waals surface area contributed by atoms with E-state index in [-0.39, 0.29) is 0 Å². The third kappa shape index (κ3) is 3.59. The molecule has 1 unspecified atom stereocenters. The predicted molar refractivity (Wildman–Crippen MR) is 34.6 cm³/mol. The molecule has 0 fully saturated rings. The fraction of sp³-hybridized carbons (Fsp3) is 1.00. The zero-order chi connectivity index (χ0) is 9.07. The lowest BCUT2D eigenvalue weighted by Gasteiger charge is -2.09. The maximum Gasteiger partial charge on any atom is 0.350 e. The van der Waals surface area contributed by atoms with Crippen LogP contribution in [0.2, 0.25) is 0 Å². The van der Waals surface area contributed by atoms with E-state index in [2.05, 4.69) is 0 Å². The highest BCUT2D eigenvalue weighted by atomic mass is 32.2. The van der Waals surface area contributed by atoms with E-state index in [0.717, 1.165) is 0 Å². The Morgan fingerprint density at radius 2 is 2.00 bits per heavy atom. The smallest absolute Gasteiger partial charge is 0.350 e. The van der Waals surface area contributed by atoms with Crippen molar-refractivity contribution in [3.05, 3.63) is 0 Å². The number of rotatable bonds is 4. The maximum absolute atomic E-state index is 11.6. The van der Waals surface area contributed by atoms with Crippen molar-refractivity contribution in [1.29, 1.82) is 0 Å². The van der Waals surface area contributed by atoms with E-state index in [0.29, 0.717) is 0 Å². The number of alkyl halides is 2. The highest BCUT2D eigenvalue weighted by Crippen LogP contribution is 2.02. The molecule has 0 aromatic rings. The normalized spacial score (nSPS) is 15.4. The van der Waals surface area contributed by atoms with Gasteiger partial charge in [-0.1, -0.05) is 0 Å². The van der Waals surface area contributed by atoms with Crippen LogP contribution in [0.1, 0.15) is 6.92 Å². The van der Waals surface area contributed by atoms with Gasteiger partial charge in [0, 0.05) is 6.04 Å². The molecule has 0 radical (unpaired) electrons. The Morgan fingerprint density at radius 3 is 2.27 bits per heavy atom. The molecular weight excluding hydrogens is 180 g/mol. The van der Waals surface area contributed by atoms with E-state index in [1.807, 2.05) is 0 Å². The molecule has 0 saturated heterocycles. The van der Waals surface area contributed by atoms with Crippen LogP contribution in [0.4, 0.5) is 8.78 Å². The zero-order valence-electron chi connectivity index (χ0n) is 5.79. The van der Waals surface area contributed by atoms with Gasteiger partial charge in [0.25, 0.3) is 10.0 Å². The molecule has 0 amide bonds. The van der Waals surface area contributed by atoms with Gasteiger partial charge in [-0.25, -0.2) is 13.1 Å². The quantitative estimate of drug-likeness (QED) is 0.627. The van der Waals surface area contributed by atoms with Crippen LogP contribution in [0.5, 0.6) is 0 Å². The minimum atomic E-state index is -4.55. The molecule has 0 aliphatic heterocycles. The summed E-state index contributed by atoms with van der Waals surface area (Å²) in [6.07, 6.45) is 0. The Labute approximate surface area is 63.3 Å². The average molecular weight is 189 g/mol. The van der Waals surface area contributed by atoms with Crippen molar-refractivity contribution in [2.75, 3.05) is 6.61 Å². The number of hydrogen-bond donors (Lipinski definition) is 2. The molecule has 0 aromatic carbocycles. The lowest BCUT2D eigenvalue weighted by molar-refractivity contribution is 0.225. The summed E-state index contributed by atoms with van der Waals surface area (Å²) in [5, 5.41) is 8.31. The Hall–Kier alpha value is -0.270. The Balaban J connectivity index is 4.15. The monoisotopic (exact) mass is 189 g/mol. The van der Waals surface area contributed by atoms with Crippen molar-refractivity contribution in [2.24, 2.45) is 0 Å². The van der Waals surface area contributed by atoms with E-state index in [9.17, 15) is 17.2 Å². The van der Waals surface area contributed by atoms with Crippen molar-refractivity contribution in [1.82, 2.24) is 4.72 Å². The van der Waals surface area contributed by atoms with Crippen molar-refractivity contribution in [2.45, 2.75) is 18.7 Å². The third-order valence-corrected chi connectivity index (χ3v) is 2.07. The van der Waals surface area contributed by atoms with Crippen LogP contribution in [0, 0.1) is 0 Å². The summed E-state index contributed by atoms with van der Waals surface area (Å²) in [6.45, 7) is 0.770. The first-order chi connectivity index (χ1) is 4.90. The topological polar surface area (TPSA) is 66.4 Å². The van der Waals surface area contributed by atoms with Gasteiger partial charge in [-0.05, 0) is 6.92 Å². The SMILES string of the molecule is CC(CO)NS(=O)(=O)C(F)F. The van der Waals surface area contributed by atoms with Crippen LogP contribution in [-0.2, 0) is 10.0 Å². The summed E-state index contributed by atoms with van der Waals surface area (Å²) in [7, 11) is -4.55. The highest BCUT2D eigenvalue weighted by molar-refractivity contribution is 7.89. The van der Waals surface area contributed by atoms with Gasteiger partial charge in [0.2, 0.25) is 0 Å². The number of nitrogens with one attached hydrogen (secondary N) is 1. The largest absolute Gasteiger partial charge is 0.395 e. The molecule has 0 spiro atoms. The zero-order valence-corrected chi connectivity index (χ0v) is 6.61. The first-order valence-corrected chi connectivity index (χ1v) is 4.35. The van der Waals surface area contributed by atoms with Gasteiger partial charge in [-0.2, -0.15) is 8.78 Å². The summed E-state index contributed by atoms with van der Waals surface area (Å²) < 4.78 is 45.4. The molecule has 0 rings (SSSR count). The molecule has 0 aliphatic carbocycles. The summed E-state index contributed by atoms with van der Waals surface area (Å²) in [5.41, 5.74) is 0. The highest BCUT2D eigenvalue weighted by Gasteiger charge is 2.24. The molecular formula is C4H9F2NO3S. The van der Waals surface area contributed by atoms with E-state index < -0.39 is 28.4 Å². The van der Waals surface area contributed by atoms with Crippen LogP contribution >= 0.6 is 0 Å². The van der Waals surface area contributed by atoms with Crippen LogP contribution in [0.3, 0.4) is 0 Å². The van der Waals surface area contributed by atoms with Crippen molar-refractivity contribution < 1.29 is 22.3 Å². The second-order valence-corrected chi connectivity index (χ2v) is 3.69. The van der Waals surface area contributed by atoms with E-state index in [1.165, 1.54) is 6.92 Å². The molecule has 1 atom stereocenters. The summed E-state index contributed by atoms with van der Waals surface area (Å²) in [5.74, 6) is -3.45. The fourth-order valence-electron chi connectivity index (χ4n) is 0.369. The average Bonchev–Trinajstić information content (AvgIpc) is 1.86. The summed E-state index contributed by atoms with van der Waals surface area (Å²) in [6, 6.07) is -0.881.